The third-order valence-electron chi connectivity index (χ3n) is 2.56. The number of nitrogens with zero attached hydrogens (tertiary/aromatic N) is 2. The zero-order valence-corrected chi connectivity index (χ0v) is 13.9. The van der Waals surface area contributed by atoms with Crippen LogP contribution in [0.3, 0.4) is 0 Å². The van der Waals surface area contributed by atoms with Gasteiger partial charge in [0.25, 0.3) is 0 Å². The molecule has 1 aromatic rings. The number of guanidine groups is 1. The lowest BCUT2D eigenvalue weighted by Crippen LogP contribution is -2.39. The van der Waals surface area contributed by atoms with Gasteiger partial charge in [-0.2, -0.15) is 0 Å². The lowest BCUT2D eigenvalue weighted by Gasteiger charge is -2.10. The standard InChI is InChI=1S/C12H22N4O2S2/c1-9(2)10-8-19-11(16-10)7-15-12(13-3)14-5-6-20(4,17)18/h8-9H,5-7H2,1-4H3,(H2,13,14,15). The van der Waals surface area contributed by atoms with Crippen molar-refractivity contribution in [3.63, 3.8) is 0 Å². The molecule has 6 nitrogen and oxygen atoms in total. The van der Waals surface area contributed by atoms with Crippen LogP contribution in [0.5, 0.6) is 0 Å². The Kier molecular flexibility index (Phi) is 6.41. The number of rotatable bonds is 6. The van der Waals surface area contributed by atoms with Gasteiger partial charge >= 0.3 is 0 Å². The number of aromatic nitrogens is 1. The molecule has 1 aromatic heterocycles. The van der Waals surface area contributed by atoms with Crippen LogP contribution in [0.1, 0.15) is 30.5 Å². The fourth-order valence-corrected chi connectivity index (χ4v) is 2.77. The summed E-state index contributed by atoms with van der Waals surface area (Å²) in [5.74, 6) is 1.09. The highest BCUT2D eigenvalue weighted by Gasteiger charge is 2.07. The molecule has 1 heterocycles. The highest BCUT2D eigenvalue weighted by molar-refractivity contribution is 7.90. The van der Waals surface area contributed by atoms with E-state index in [9.17, 15) is 8.42 Å². The fraction of sp³-hybridized carbons (Fsp3) is 0.667. The third kappa shape index (κ3) is 6.33. The van der Waals surface area contributed by atoms with Crippen molar-refractivity contribution in [2.75, 3.05) is 25.6 Å². The molecule has 20 heavy (non-hydrogen) atoms. The van der Waals surface area contributed by atoms with Gasteiger partial charge in [-0.1, -0.05) is 13.8 Å². The molecule has 0 bridgehead atoms. The Morgan fingerprint density at radius 3 is 2.65 bits per heavy atom. The van der Waals surface area contributed by atoms with E-state index in [1.807, 2.05) is 0 Å². The SMILES string of the molecule is CN=C(NCCS(C)(=O)=O)NCc1nc(C(C)C)cs1. The van der Waals surface area contributed by atoms with Crippen molar-refractivity contribution in [2.24, 2.45) is 4.99 Å². The van der Waals surface area contributed by atoms with E-state index < -0.39 is 9.84 Å². The molecule has 114 valence electrons. The number of sulfone groups is 1. The summed E-state index contributed by atoms with van der Waals surface area (Å²) in [5.41, 5.74) is 1.09. The number of aliphatic imine (C=N–C) groups is 1. The quantitative estimate of drug-likeness (QED) is 0.603. The van der Waals surface area contributed by atoms with E-state index in [-0.39, 0.29) is 5.75 Å². The molecule has 0 amide bonds. The molecule has 0 saturated heterocycles. The molecule has 0 aromatic carbocycles. The third-order valence-corrected chi connectivity index (χ3v) is 4.37. The average Bonchev–Trinajstić information content (AvgIpc) is 2.81. The number of hydrogen-bond acceptors (Lipinski definition) is 5. The van der Waals surface area contributed by atoms with Crippen LogP contribution in [0.4, 0.5) is 0 Å². The summed E-state index contributed by atoms with van der Waals surface area (Å²) in [4.78, 5) is 8.55. The molecule has 0 unspecified atom stereocenters. The van der Waals surface area contributed by atoms with Gasteiger partial charge in [-0.3, -0.25) is 4.99 Å². The molecule has 0 saturated carbocycles. The van der Waals surface area contributed by atoms with Gasteiger partial charge in [-0.05, 0) is 5.92 Å². The van der Waals surface area contributed by atoms with E-state index >= 15 is 0 Å². The largest absolute Gasteiger partial charge is 0.355 e. The molecule has 0 aliphatic heterocycles. The summed E-state index contributed by atoms with van der Waals surface area (Å²) in [6.45, 7) is 5.14. The number of thiazole rings is 1. The maximum absolute atomic E-state index is 11.0. The zero-order chi connectivity index (χ0) is 15.2. The van der Waals surface area contributed by atoms with E-state index in [1.54, 1.807) is 18.4 Å². The summed E-state index contributed by atoms with van der Waals surface area (Å²) < 4.78 is 22.1. The van der Waals surface area contributed by atoms with Crippen LogP contribution in [0, 0.1) is 0 Å². The van der Waals surface area contributed by atoms with Crippen molar-refractivity contribution in [1.29, 1.82) is 0 Å². The van der Waals surface area contributed by atoms with Gasteiger partial charge in [0, 0.05) is 25.2 Å². The normalized spacial score (nSPS) is 12.8. The monoisotopic (exact) mass is 318 g/mol. The maximum atomic E-state index is 11.0. The fourth-order valence-electron chi connectivity index (χ4n) is 1.41. The topological polar surface area (TPSA) is 83.5 Å². The van der Waals surface area contributed by atoms with Gasteiger partial charge in [0.15, 0.2) is 5.96 Å². The van der Waals surface area contributed by atoms with Crippen LogP contribution >= 0.6 is 11.3 Å². The second kappa shape index (κ2) is 7.58. The summed E-state index contributed by atoms with van der Waals surface area (Å²) in [5, 5.41) is 9.12. The smallest absolute Gasteiger partial charge is 0.191 e. The lowest BCUT2D eigenvalue weighted by molar-refractivity contribution is 0.600. The second-order valence-corrected chi connectivity index (χ2v) is 8.01. The van der Waals surface area contributed by atoms with E-state index in [0.717, 1.165) is 10.7 Å². The van der Waals surface area contributed by atoms with Crippen LogP contribution in [0.25, 0.3) is 0 Å². The van der Waals surface area contributed by atoms with Gasteiger partial charge in [-0.25, -0.2) is 13.4 Å². The predicted octanol–water partition coefficient (Wildman–Crippen LogP) is 0.976. The van der Waals surface area contributed by atoms with Gasteiger partial charge in [0.2, 0.25) is 0 Å². The first-order valence-electron chi connectivity index (χ1n) is 6.38. The minimum absolute atomic E-state index is 0.0858. The minimum Gasteiger partial charge on any atom is -0.355 e. The van der Waals surface area contributed by atoms with Crippen molar-refractivity contribution >= 4 is 27.1 Å². The molecule has 1 rings (SSSR count). The molecular formula is C12H22N4O2S2. The molecule has 2 N–H and O–H groups in total. The summed E-state index contributed by atoms with van der Waals surface area (Å²) in [7, 11) is -1.31. The molecule has 0 atom stereocenters. The van der Waals surface area contributed by atoms with Gasteiger partial charge < -0.3 is 10.6 Å². The van der Waals surface area contributed by atoms with Crippen molar-refractivity contribution in [1.82, 2.24) is 15.6 Å². The Morgan fingerprint density at radius 1 is 1.45 bits per heavy atom. The minimum atomic E-state index is -2.96. The van der Waals surface area contributed by atoms with Gasteiger partial charge in [-0.15, -0.1) is 11.3 Å². The van der Waals surface area contributed by atoms with Crippen LogP contribution in [-0.4, -0.2) is 45.0 Å². The predicted molar refractivity (Wildman–Crippen MR) is 84.1 cm³/mol. The van der Waals surface area contributed by atoms with E-state index in [4.69, 9.17) is 0 Å². The Labute approximate surface area is 124 Å². The highest BCUT2D eigenvalue weighted by Crippen LogP contribution is 2.17. The molecular weight excluding hydrogens is 296 g/mol. The second-order valence-electron chi connectivity index (χ2n) is 4.80. The van der Waals surface area contributed by atoms with Crippen LogP contribution in [0.15, 0.2) is 10.4 Å². The van der Waals surface area contributed by atoms with E-state index in [0.29, 0.717) is 25.0 Å². The Hall–Kier alpha value is -1.15. The molecule has 8 heteroatoms. The first-order chi connectivity index (χ1) is 9.31. The van der Waals surface area contributed by atoms with Crippen molar-refractivity contribution in [3.8, 4) is 0 Å². The average molecular weight is 318 g/mol. The lowest BCUT2D eigenvalue weighted by atomic mass is 10.2. The molecule has 0 radical (unpaired) electrons. The van der Waals surface area contributed by atoms with E-state index in [1.165, 1.54) is 6.26 Å². The highest BCUT2D eigenvalue weighted by atomic mass is 32.2. The van der Waals surface area contributed by atoms with Crippen molar-refractivity contribution in [2.45, 2.75) is 26.3 Å². The van der Waals surface area contributed by atoms with Crippen molar-refractivity contribution in [3.05, 3.63) is 16.1 Å². The summed E-state index contributed by atoms with van der Waals surface area (Å²) in [6.07, 6.45) is 1.22. The Bertz CT molecular complexity index is 550. The zero-order valence-electron chi connectivity index (χ0n) is 12.3. The maximum Gasteiger partial charge on any atom is 0.191 e. The van der Waals surface area contributed by atoms with Crippen LogP contribution in [-0.2, 0) is 16.4 Å². The van der Waals surface area contributed by atoms with E-state index in [2.05, 4.69) is 39.8 Å². The van der Waals surface area contributed by atoms with Crippen molar-refractivity contribution < 1.29 is 8.42 Å². The molecule has 0 spiro atoms. The number of hydrogen-bond donors (Lipinski definition) is 2. The number of nitrogens with one attached hydrogen (secondary N) is 2. The summed E-state index contributed by atoms with van der Waals surface area (Å²) in [6, 6.07) is 0. The van der Waals surface area contributed by atoms with Crippen LogP contribution in [0.2, 0.25) is 0 Å². The first-order valence-corrected chi connectivity index (χ1v) is 9.32. The summed E-state index contributed by atoms with van der Waals surface area (Å²) >= 11 is 1.61. The molecule has 0 aliphatic rings. The molecule has 0 aliphatic carbocycles. The van der Waals surface area contributed by atoms with Gasteiger partial charge in [0.1, 0.15) is 14.8 Å². The first kappa shape index (κ1) is 16.9. The van der Waals surface area contributed by atoms with Crippen LogP contribution < -0.4 is 10.6 Å². The Morgan fingerprint density at radius 2 is 2.15 bits per heavy atom. The molecule has 0 fully saturated rings. The Balaban J connectivity index is 2.41. The van der Waals surface area contributed by atoms with Gasteiger partial charge in [0.05, 0.1) is 18.0 Å².